The summed E-state index contributed by atoms with van der Waals surface area (Å²) in [7, 11) is 0. The lowest BCUT2D eigenvalue weighted by atomic mass is 9.98. The van der Waals surface area contributed by atoms with Crippen LogP contribution in [0.15, 0.2) is 12.3 Å². The van der Waals surface area contributed by atoms with E-state index in [0.29, 0.717) is 19.0 Å². The van der Waals surface area contributed by atoms with Crippen molar-refractivity contribution in [1.82, 2.24) is 9.88 Å². The van der Waals surface area contributed by atoms with Gasteiger partial charge in [0.1, 0.15) is 0 Å². The zero-order chi connectivity index (χ0) is 13.8. The molecule has 0 radical (unpaired) electrons. The Bertz CT molecular complexity index is 465. The molecule has 1 aromatic rings. The maximum atomic E-state index is 13.6. The Morgan fingerprint density at radius 2 is 2.21 bits per heavy atom. The van der Waals surface area contributed by atoms with Gasteiger partial charge in [0.15, 0.2) is 5.82 Å². The van der Waals surface area contributed by atoms with E-state index in [2.05, 4.69) is 11.9 Å². The molecule has 1 fully saturated rings. The second-order valence-corrected chi connectivity index (χ2v) is 4.96. The molecule has 0 N–H and O–H groups in total. The molecule has 3 nitrogen and oxygen atoms in total. The summed E-state index contributed by atoms with van der Waals surface area (Å²) in [6, 6.07) is 1.24. The van der Waals surface area contributed by atoms with Gasteiger partial charge in [0.2, 0.25) is 5.95 Å². The van der Waals surface area contributed by atoms with Crippen LogP contribution in [0.3, 0.4) is 0 Å². The van der Waals surface area contributed by atoms with Gasteiger partial charge in [-0.25, -0.2) is 9.37 Å². The molecule has 1 unspecified atom stereocenters. The standard InChI is InChI=1S/C14H18F2N2O/c1-2-10-4-3-8-18(9-6-10)14(19)11-5-7-17-13(16)12(11)15/h5,7,10H,2-4,6,8-9H2,1H3. The predicted octanol–water partition coefficient (Wildman–Crippen LogP) is 3.01. The third-order valence-electron chi connectivity index (χ3n) is 3.79. The summed E-state index contributed by atoms with van der Waals surface area (Å²) >= 11 is 0. The number of nitrogens with zero attached hydrogens (tertiary/aromatic N) is 2. The van der Waals surface area contributed by atoms with Crippen molar-refractivity contribution in [3.63, 3.8) is 0 Å². The Morgan fingerprint density at radius 3 is 2.95 bits per heavy atom. The van der Waals surface area contributed by atoms with E-state index >= 15 is 0 Å². The number of hydrogen-bond acceptors (Lipinski definition) is 2. The first-order valence-corrected chi connectivity index (χ1v) is 6.72. The first-order chi connectivity index (χ1) is 9.13. The van der Waals surface area contributed by atoms with Crippen molar-refractivity contribution in [1.29, 1.82) is 0 Å². The molecule has 1 amide bonds. The van der Waals surface area contributed by atoms with E-state index in [0.717, 1.165) is 31.9 Å². The number of amides is 1. The topological polar surface area (TPSA) is 33.2 Å². The van der Waals surface area contributed by atoms with Crippen LogP contribution in [0.5, 0.6) is 0 Å². The molecule has 0 aliphatic carbocycles. The third-order valence-corrected chi connectivity index (χ3v) is 3.79. The van der Waals surface area contributed by atoms with E-state index in [1.165, 1.54) is 6.07 Å². The normalized spacial score (nSPS) is 20.2. The molecular weight excluding hydrogens is 250 g/mol. The molecular formula is C14H18F2N2O. The molecule has 2 heterocycles. The highest BCUT2D eigenvalue weighted by Gasteiger charge is 2.24. The summed E-state index contributed by atoms with van der Waals surface area (Å²) in [5.41, 5.74) is -0.220. The number of hydrogen-bond donors (Lipinski definition) is 0. The minimum absolute atomic E-state index is 0.220. The lowest BCUT2D eigenvalue weighted by Gasteiger charge is -2.20. The molecule has 0 bridgehead atoms. The van der Waals surface area contributed by atoms with Crippen LogP contribution < -0.4 is 0 Å². The van der Waals surface area contributed by atoms with Crippen molar-refractivity contribution in [3.8, 4) is 0 Å². The van der Waals surface area contributed by atoms with Crippen molar-refractivity contribution in [2.24, 2.45) is 5.92 Å². The smallest absolute Gasteiger partial charge is 0.257 e. The fraction of sp³-hybridized carbons (Fsp3) is 0.571. The second kappa shape index (κ2) is 6.08. The maximum absolute atomic E-state index is 13.6. The van der Waals surface area contributed by atoms with Crippen molar-refractivity contribution in [2.45, 2.75) is 32.6 Å². The lowest BCUT2D eigenvalue weighted by Crippen LogP contribution is -2.32. The molecule has 2 rings (SSSR count). The lowest BCUT2D eigenvalue weighted by molar-refractivity contribution is 0.0753. The van der Waals surface area contributed by atoms with Crippen LogP contribution in [0.25, 0.3) is 0 Å². The van der Waals surface area contributed by atoms with Gasteiger partial charge < -0.3 is 4.90 Å². The van der Waals surface area contributed by atoms with E-state index in [1.54, 1.807) is 4.90 Å². The molecule has 0 aromatic carbocycles. The Labute approximate surface area is 111 Å². The van der Waals surface area contributed by atoms with Gasteiger partial charge in [-0.3, -0.25) is 4.79 Å². The first kappa shape index (κ1) is 13.9. The van der Waals surface area contributed by atoms with Gasteiger partial charge in [0.05, 0.1) is 5.56 Å². The highest BCUT2D eigenvalue weighted by molar-refractivity contribution is 5.94. The molecule has 1 aromatic heterocycles. The molecule has 1 aliphatic heterocycles. The number of pyridine rings is 1. The predicted molar refractivity (Wildman–Crippen MR) is 67.7 cm³/mol. The van der Waals surface area contributed by atoms with Crippen LogP contribution in [-0.4, -0.2) is 28.9 Å². The number of rotatable bonds is 2. The zero-order valence-electron chi connectivity index (χ0n) is 11.0. The Balaban J connectivity index is 2.13. The number of likely N-dealkylation sites (tertiary alicyclic amines) is 1. The van der Waals surface area contributed by atoms with Crippen molar-refractivity contribution >= 4 is 5.91 Å². The van der Waals surface area contributed by atoms with Crippen LogP contribution in [0.4, 0.5) is 8.78 Å². The summed E-state index contributed by atoms with van der Waals surface area (Å²) in [6.07, 6.45) is 5.16. The summed E-state index contributed by atoms with van der Waals surface area (Å²) in [4.78, 5) is 17.0. The monoisotopic (exact) mass is 268 g/mol. The molecule has 104 valence electrons. The molecule has 5 heteroatoms. The summed E-state index contributed by atoms with van der Waals surface area (Å²) in [5.74, 6) is -2.18. The minimum atomic E-state index is -1.22. The highest BCUT2D eigenvalue weighted by atomic mass is 19.2. The van der Waals surface area contributed by atoms with Crippen molar-refractivity contribution in [2.75, 3.05) is 13.1 Å². The van der Waals surface area contributed by atoms with Gasteiger partial charge >= 0.3 is 0 Å². The maximum Gasteiger partial charge on any atom is 0.257 e. The SMILES string of the molecule is CCC1CCCN(C(=O)c2ccnc(F)c2F)CC1. The number of carbonyl (C=O) groups excluding carboxylic acids is 1. The number of aromatic nitrogens is 1. The summed E-state index contributed by atoms with van der Waals surface area (Å²) in [5, 5.41) is 0. The average Bonchev–Trinajstić information content (AvgIpc) is 2.66. The summed E-state index contributed by atoms with van der Waals surface area (Å²) < 4.78 is 26.6. The van der Waals surface area contributed by atoms with Crippen molar-refractivity contribution < 1.29 is 13.6 Å². The number of carbonyl (C=O) groups is 1. The average molecular weight is 268 g/mol. The molecule has 1 atom stereocenters. The fourth-order valence-electron chi connectivity index (χ4n) is 2.53. The minimum Gasteiger partial charge on any atom is -0.339 e. The third kappa shape index (κ3) is 3.08. The van der Waals surface area contributed by atoms with Gasteiger partial charge in [-0.05, 0) is 31.2 Å². The van der Waals surface area contributed by atoms with Gasteiger partial charge in [0, 0.05) is 19.3 Å². The zero-order valence-corrected chi connectivity index (χ0v) is 11.0. The van der Waals surface area contributed by atoms with Gasteiger partial charge in [0.25, 0.3) is 5.91 Å². The first-order valence-electron chi connectivity index (χ1n) is 6.72. The Kier molecular flexibility index (Phi) is 4.45. The Hall–Kier alpha value is -1.52. The van der Waals surface area contributed by atoms with Crippen LogP contribution >= 0.6 is 0 Å². The summed E-state index contributed by atoms with van der Waals surface area (Å²) in [6.45, 7) is 3.36. The Morgan fingerprint density at radius 1 is 1.42 bits per heavy atom. The quantitative estimate of drug-likeness (QED) is 0.772. The van der Waals surface area contributed by atoms with Gasteiger partial charge in [-0.15, -0.1) is 0 Å². The van der Waals surface area contributed by atoms with E-state index in [9.17, 15) is 13.6 Å². The molecule has 0 saturated carbocycles. The van der Waals surface area contributed by atoms with Gasteiger partial charge in [-0.1, -0.05) is 13.3 Å². The van der Waals surface area contributed by atoms with E-state index in [-0.39, 0.29) is 5.56 Å². The van der Waals surface area contributed by atoms with E-state index < -0.39 is 17.7 Å². The molecule has 1 aliphatic rings. The van der Waals surface area contributed by atoms with E-state index in [4.69, 9.17) is 0 Å². The molecule has 19 heavy (non-hydrogen) atoms. The van der Waals surface area contributed by atoms with Crippen LogP contribution in [-0.2, 0) is 0 Å². The van der Waals surface area contributed by atoms with E-state index in [1.807, 2.05) is 0 Å². The fourth-order valence-corrected chi connectivity index (χ4v) is 2.53. The van der Waals surface area contributed by atoms with Crippen LogP contribution in [0.1, 0.15) is 43.0 Å². The molecule has 1 saturated heterocycles. The van der Waals surface area contributed by atoms with Crippen LogP contribution in [0.2, 0.25) is 0 Å². The molecule has 0 spiro atoms. The van der Waals surface area contributed by atoms with Gasteiger partial charge in [-0.2, -0.15) is 4.39 Å². The number of halogens is 2. The van der Waals surface area contributed by atoms with Crippen LogP contribution in [0, 0.1) is 17.7 Å². The van der Waals surface area contributed by atoms with Crippen molar-refractivity contribution in [3.05, 3.63) is 29.6 Å². The largest absolute Gasteiger partial charge is 0.339 e. The second-order valence-electron chi connectivity index (χ2n) is 4.96. The highest BCUT2D eigenvalue weighted by Crippen LogP contribution is 2.22.